The van der Waals surface area contributed by atoms with Gasteiger partial charge in [-0.3, -0.25) is 4.79 Å². The van der Waals surface area contributed by atoms with Crippen LogP contribution < -0.4 is 10.3 Å². The molecule has 1 heterocycles. The fourth-order valence-electron chi connectivity index (χ4n) is 3.12. The molecule has 0 spiro atoms. The van der Waals surface area contributed by atoms with Gasteiger partial charge in [0.05, 0.1) is 18.2 Å². The molecule has 0 unspecified atom stereocenters. The Kier molecular flexibility index (Phi) is 3.24. The van der Waals surface area contributed by atoms with E-state index in [1.807, 2.05) is 42.5 Å². The first-order valence-electron chi connectivity index (χ1n) is 7.61. The van der Waals surface area contributed by atoms with Gasteiger partial charge in [-0.1, -0.05) is 48.5 Å². The second-order valence-corrected chi connectivity index (χ2v) is 5.59. The Hall–Kier alpha value is -3.27. The van der Waals surface area contributed by atoms with Crippen molar-refractivity contribution in [3.05, 3.63) is 71.0 Å². The van der Waals surface area contributed by atoms with Crippen molar-refractivity contribution in [2.24, 2.45) is 0 Å². The zero-order chi connectivity index (χ0) is 16.7. The summed E-state index contributed by atoms with van der Waals surface area (Å²) in [6, 6.07) is 18.6. The van der Waals surface area contributed by atoms with Gasteiger partial charge in [-0.05, 0) is 17.5 Å². The predicted octanol–water partition coefficient (Wildman–Crippen LogP) is 4.06. The number of hydrogen-bond acceptors (Lipinski definition) is 3. The average Bonchev–Trinajstić information content (AvgIpc) is 2.62. The van der Waals surface area contributed by atoms with E-state index in [1.165, 1.54) is 0 Å². The highest BCUT2D eigenvalue weighted by Crippen LogP contribution is 2.38. The molecular weight excluding hydrogens is 302 g/mol. The second-order valence-electron chi connectivity index (χ2n) is 5.59. The molecule has 1 aromatic heterocycles. The maximum Gasteiger partial charge on any atom is 0.260 e. The molecule has 2 N–H and O–H groups in total. The Labute approximate surface area is 138 Å². The first-order chi connectivity index (χ1) is 11.7. The molecular formula is C20H15NO3. The van der Waals surface area contributed by atoms with Crippen molar-refractivity contribution < 1.29 is 9.84 Å². The molecule has 0 bridgehead atoms. The van der Waals surface area contributed by atoms with Gasteiger partial charge in [0.2, 0.25) is 0 Å². The number of aromatic hydroxyl groups is 1. The van der Waals surface area contributed by atoms with Crippen molar-refractivity contribution in [1.29, 1.82) is 0 Å². The first kappa shape index (κ1) is 14.3. The molecule has 0 aliphatic carbocycles. The van der Waals surface area contributed by atoms with Gasteiger partial charge in [-0.25, -0.2) is 0 Å². The molecule has 3 aromatic carbocycles. The number of fused-ring (bicyclic) bond motifs is 3. The highest BCUT2D eigenvalue weighted by atomic mass is 16.5. The lowest BCUT2D eigenvalue weighted by Gasteiger charge is -2.12. The number of methoxy groups -OCH3 is 1. The van der Waals surface area contributed by atoms with Crippen LogP contribution in [0.2, 0.25) is 0 Å². The van der Waals surface area contributed by atoms with Crippen molar-refractivity contribution in [3.63, 3.8) is 0 Å². The molecule has 4 nitrogen and oxygen atoms in total. The Morgan fingerprint density at radius 2 is 1.67 bits per heavy atom. The number of benzene rings is 3. The van der Waals surface area contributed by atoms with Crippen LogP contribution in [-0.4, -0.2) is 17.2 Å². The standard InChI is InChI=1S/C20H15NO3/c1-24-16-9-5-4-8-14(16)17-19(22)15-11-10-12-6-2-3-7-13(12)18(15)21-20(17)23/h2-11H,1H3,(H2,21,22,23). The molecule has 0 saturated carbocycles. The summed E-state index contributed by atoms with van der Waals surface area (Å²) in [5, 5.41) is 13.3. The third-order valence-corrected chi connectivity index (χ3v) is 4.26. The molecule has 0 atom stereocenters. The van der Waals surface area contributed by atoms with Gasteiger partial charge in [0.15, 0.2) is 0 Å². The lowest BCUT2D eigenvalue weighted by atomic mass is 10.00. The first-order valence-corrected chi connectivity index (χ1v) is 7.61. The summed E-state index contributed by atoms with van der Waals surface area (Å²) in [4.78, 5) is 15.6. The monoisotopic (exact) mass is 317 g/mol. The Morgan fingerprint density at radius 3 is 2.50 bits per heavy atom. The quantitative estimate of drug-likeness (QED) is 0.548. The Bertz CT molecular complexity index is 1130. The zero-order valence-corrected chi connectivity index (χ0v) is 13.0. The summed E-state index contributed by atoms with van der Waals surface area (Å²) < 4.78 is 5.33. The molecule has 0 radical (unpaired) electrons. The van der Waals surface area contributed by atoms with E-state index in [2.05, 4.69) is 4.98 Å². The van der Waals surface area contributed by atoms with E-state index >= 15 is 0 Å². The van der Waals surface area contributed by atoms with E-state index in [9.17, 15) is 9.90 Å². The van der Waals surface area contributed by atoms with Crippen LogP contribution >= 0.6 is 0 Å². The molecule has 118 valence electrons. The molecule has 4 rings (SSSR count). The smallest absolute Gasteiger partial charge is 0.260 e. The minimum atomic E-state index is -0.346. The summed E-state index contributed by atoms with van der Waals surface area (Å²) in [6.45, 7) is 0. The molecule has 4 aromatic rings. The van der Waals surface area contributed by atoms with E-state index in [4.69, 9.17) is 4.74 Å². The number of aromatic amines is 1. The third kappa shape index (κ3) is 2.04. The van der Waals surface area contributed by atoms with Crippen molar-refractivity contribution >= 4 is 21.7 Å². The van der Waals surface area contributed by atoms with Crippen LogP contribution in [0.5, 0.6) is 11.5 Å². The fourth-order valence-corrected chi connectivity index (χ4v) is 3.12. The summed E-state index contributed by atoms with van der Waals surface area (Å²) in [6.07, 6.45) is 0. The molecule has 0 aliphatic heterocycles. The van der Waals surface area contributed by atoms with Crippen LogP contribution in [0, 0.1) is 0 Å². The van der Waals surface area contributed by atoms with E-state index < -0.39 is 0 Å². The highest BCUT2D eigenvalue weighted by Gasteiger charge is 2.18. The minimum absolute atomic E-state index is 0.0380. The van der Waals surface area contributed by atoms with Crippen molar-refractivity contribution in [3.8, 4) is 22.6 Å². The number of para-hydroxylation sites is 1. The van der Waals surface area contributed by atoms with Gasteiger partial charge in [-0.15, -0.1) is 0 Å². The van der Waals surface area contributed by atoms with Crippen LogP contribution in [0.25, 0.3) is 32.8 Å². The van der Waals surface area contributed by atoms with Gasteiger partial charge in [0.1, 0.15) is 11.5 Å². The van der Waals surface area contributed by atoms with Crippen LogP contribution in [-0.2, 0) is 0 Å². The second kappa shape index (κ2) is 5.42. The van der Waals surface area contributed by atoms with E-state index in [0.717, 1.165) is 10.8 Å². The maximum absolute atomic E-state index is 12.7. The minimum Gasteiger partial charge on any atom is -0.506 e. The number of H-pyrrole nitrogens is 1. The predicted molar refractivity (Wildman–Crippen MR) is 95.7 cm³/mol. The average molecular weight is 317 g/mol. The van der Waals surface area contributed by atoms with E-state index in [-0.39, 0.29) is 16.9 Å². The van der Waals surface area contributed by atoms with E-state index in [1.54, 1.807) is 25.3 Å². The van der Waals surface area contributed by atoms with Gasteiger partial charge < -0.3 is 14.8 Å². The van der Waals surface area contributed by atoms with Gasteiger partial charge in [0, 0.05) is 16.3 Å². The van der Waals surface area contributed by atoms with Crippen molar-refractivity contribution in [2.45, 2.75) is 0 Å². The van der Waals surface area contributed by atoms with Crippen molar-refractivity contribution in [1.82, 2.24) is 4.98 Å². The van der Waals surface area contributed by atoms with Gasteiger partial charge >= 0.3 is 0 Å². The SMILES string of the molecule is COc1ccccc1-c1c(O)c2ccc3ccccc3c2[nH]c1=O. The number of rotatable bonds is 2. The molecule has 4 heteroatoms. The highest BCUT2D eigenvalue weighted by molar-refractivity contribution is 6.08. The molecule has 0 amide bonds. The molecule has 0 aliphatic rings. The summed E-state index contributed by atoms with van der Waals surface area (Å²) in [5.41, 5.74) is 1.07. The Morgan fingerprint density at radius 1 is 0.917 bits per heavy atom. The summed E-state index contributed by atoms with van der Waals surface area (Å²) in [5.74, 6) is 0.502. The molecule has 0 fully saturated rings. The molecule has 24 heavy (non-hydrogen) atoms. The number of pyridine rings is 1. The lowest BCUT2D eigenvalue weighted by Crippen LogP contribution is -2.10. The zero-order valence-electron chi connectivity index (χ0n) is 13.0. The van der Waals surface area contributed by atoms with Gasteiger partial charge in [0.25, 0.3) is 5.56 Å². The normalized spacial score (nSPS) is 11.0. The summed E-state index contributed by atoms with van der Waals surface area (Å²) in [7, 11) is 1.54. The Balaban J connectivity index is 2.12. The lowest BCUT2D eigenvalue weighted by molar-refractivity contribution is 0.415. The third-order valence-electron chi connectivity index (χ3n) is 4.26. The topological polar surface area (TPSA) is 62.3 Å². The summed E-state index contributed by atoms with van der Waals surface area (Å²) >= 11 is 0. The molecule has 0 saturated heterocycles. The number of ether oxygens (including phenoxy) is 1. The number of aromatic nitrogens is 1. The van der Waals surface area contributed by atoms with E-state index in [0.29, 0.717) is 22.2 Å². The number of hydrogen-bond donors (Lipinski definition) is 2. The van der Waals surface area contributed by atoms with Crippen LogP contribution in [0.15, 0.2) is 65.5 Å². The largest absolute Gasteiger partial charge is 0.506 e. The van der Waals surface area contributed by atoms with Crippen LogP contribution in [0.3, 0.4) is 0 Å². The number of nitrogens with one attached hydrogen (secondary N) is 1. The van der Waals surface area contributed by atoms with Gasteiger partial charge in [-0.2, -0.15) is 0 Å². The maximum atomic E-state index is 12.7. The van der Waals surface area contributed by atoms with Crippen LogP contribution in [0.4, 0.5) is 0 Å². The van der Waals surface area contributed by atoms with Crippen LogP contribution in [0.1, 0.15) is 0 Å². The van der Waals surface area contributed by atoms with Crippen molar-refractivity contribution in [2.75, 3.05) is 7.11 Å². The fraction of sp³-hybridized carbons (Fsp3) is 0.0500.